The summed E-state index contributed by atoms with van der Waals surface area (Å²) in [6.07, 6.45) is 0.830. The van der Waals surface area contributed by atoms with Gasteiger partial charge in [0.1, 0.15) is 5.58 Å². The van der Waals surface area contributed by atoms with Crippen LogP contribution >= 0.6 is 0 Å². The summed E-state index contributed by atoms with van der Waals surface area (Å²) in [6, 6.07) is 9.48. The third-order valence-corrected chi connectivity index (χ3v) is 4.77. The molecule has 0 aliphatic heterocycles. The number of benzene rings is 1. The largest absolute Gasteiger partial charge is 0.451 e. The van der Waals surface area contributed by atoms with E-state index in [-0.39, 0.29) is 22.6 Å². The zero-order valence-corrected chi connectivity index (χ0v) is 16.7. The average molecular weight is 397 g/mol. The van der Waals surface area contributed by atoms with Crippen LogP contribution in [0.15, 0.2) is 45.6 Å². The molecule has 1 aromatic carbocycles. The lowest BCUT2D eigenvalue weighted by atomic mass is 10.1. The van der Waals surface area contributed by atoms with Gasteiger partial charge in [0.05, 0.1) is 5.39 Å². The van der Waals surface area contributed by atoms with Crippen LogP contribution in [0.1, 0.15) is 38.7 Å². The zero-order valence-electron chi connectivity index (χ0n) is 16.7. The molecule has 0 N–H and O–H groups in total. The number of para-hydroxylation sites is 1. The maximum absolute atomic E-state index is 12.6. The number of aromatic nitrogens is 1. The molecule has 29 heavy (non-hydrogen) atoms. The SMILES string of the molecule is COCCCn1c(C)cc(C(=O)COC(=O)c2cc(=O)c3ccccc3o2)c1C. The first-order chi connectivity index (χ1) is 13.9. The van der Waals surface area contributed by atoms with E-state index in [0.717, 1.165) is 30.4 Å². The molecule has 7 nitrogen and oxygen atoms in total. The van der Waals surface area contributed by atoms with Gasteiger partial charge in [-0.15, -0.1) is 0 Å². The number of ketones is 1. The van der Waals surface area contributed by atoms with Crippen LogP contribution in [0.5, 0.6) is 0 Å². The highest BCUT2D eigenvalue weighted by molar-refractivity contribution is 6.00. The average Bonchev–Trinajstić information content (AvgIpc) is 3.00. The van der Waals surface area contributed by atoms with Crippen molar-refractivity contribution in [3.63, 3.8) is 0 Å². The second-order valence-electron chi connectivity index (χ2n) is 6.75. The highest BCUT2D eigenvalue weighted by Gasteiger charge is 2.19. The zero-order chi connectivity index (χ0) is 21.0. The van der Waals surface area contributed by atoms with Crippen LogP contribution < -0.4 is 5.43 Å². The van der Waals surface area contributed by atoms with Crippen molar-refractivity contribution in [2.24, 2.45) is 0 Å². The van der Waals surface area contributed by atoms with Gasteiger partial charge in [-0.3, -0.25) is 9.59 Å². The summed E-state index contributed by atoms with van der Waals surface area (Å²) < 4.78 is 17.7. The summed E-state index contributed by atoms with van der Waals surface area (Å²) in [6.45, 7) is 4.72. The first-order valence-electron chi connectivity index (χ1n) is 9.31. The predicted octanol–water partition coefficient (Wildman–Crippen LogP) is 3.29. The number of carbonyl (C=O) groups is 2. The number of Topliss-reactive ketones (excluding diaryl/α,β-unsaturated/α-hetero) is 1. The smallest absolute Gasteiger partial charge is 0.374 e. The van der Waals surface area contributed by atoms with Crippen LogP contribution in [0.4, 0.5) is 0 Å². The Labute approximate surface area is 167 Å². The molecule has 152 valence electrons. The first kappa shape index (κ1) is 20.5. The van der Waals surface area contributed by atoms with Crippen molar-refractivity contribution in [3.8, 4) is 0 Å². The monoisotopic (exact) mass is 397 g/mol. The molecule has 0 aliphatic carbocycles. The van der Waals surface area contributed by atoms with Gasteiger partial charge in [0, 0.05) is 43.3 Å². The third-order valence-electron chi connectivity index (χ3n) is 4.77. The number of hydrogen-bond donors (Lipinski definition) is 0. The van der Waals surface area contributed by atoms with E-state index in [9.17, 15) is 14.4 Å². The van der Waals surface area contributed by atoms with Gasteiger partial charge in [-0.05, 0) is 38.5 Å². The van der Waals surface area contributed by atoms with E-state index < -0.39 is 12.6 Å². The first-order valence-corrected chi connectivity index (χ1v) is 9.31. The summed E-state index contributed by atoms with van der Waals surface area (Å²) in [4.78, 5) is 37.0. The maximum atomic E-state index is 12.6. The summed E-state index contributed by atoms with van der Waals surface area (Å²) in [5, 5.41) is 0.376. The number of fused-ring (bicyclic) bond motifs is 1. The van der Waals surface area contributed by atoms with Crippen molar-refractivity contribution in [3.05, 3.63) is 69.3 Å². The Morgan fingerprint density at radius 2 is 1.90 bits per heavy atom. The Kier molecular flexibility index (Phi) is 6.29. The molecule has 7 heteroatoms. The molecule has 0 aliphatic rings. The third kappa shape index (κ3) is 4.46. The molecule has 0 unspecified atom stereocenters. The van der Waals surface area contributed by atoms with Gasteiger partial charge >= 0.3 is 5.97 Å². The van der Waals surface area contributed by atoms with Gasteiger partial charge in [-0.2, -0.15) is 0 Å². The summed E-state index contributed by atoms with van der Waals surface area (Å²) in [5.41, 5.74) is 2.22. The molecule has 0 atom stereocenters. The number of ether oxygens (including phenoxy) is 2. The van der Waals surface area contributed by atoms with Crippen molar-refractivity contribution in [1.82, 2.24) is 4.57 Å². The molecular formula is C22H23NO6. The number of aryl methyl sites for hydroxylation is 1. The van der Waals surface area contributed by atoms with Crippen LogP contribution in [0, 0.1) is 13.8 Å². The lowest BCUT2D eigenvalue weighted by Gasteiger charge is -2.09. The number of rotatable bonds is 8. The number of hydrogen-bond acceptors (Lipinski definition) is 6. The highest BCUT2D eigenvalue weighted by Crippen LogP contribution is 2.17. The topological polar surface area (TPSA) is 87.7 Å². The minimum Gasteiger partial charge on any atom is -0.451 e. The quantitative estimate of drug-likeness (QED) is 0.329. The minimum atomic E-state index is -0.852. The maximum Gasteiger partial charge on any atom is 0.374 e. The molecule has 0 amide bonds. The predicted molar refractivity (Wildman–Crippen MR) is 107 cm³/mol. The number of nitrogens with zero attached hydrogens (tertiary/aromatic N) is 1. The van der Waals surface area contributed by atoms with Gasteiger partial charge in [0.25, 0.3) is 0 Å². The normalized spacial score (nSPS) is 11.0. The molecule has 0 fully saturated rings. The van der Waals surface area contributed by atoms with E-state index in [1.165, 1.54) is 0 Å². The Morgan fingerprint density at radius 1 is 1.14 bits per heavy atom. The van der Waals surface area contributed by atoms with E-state index >= 15 is 0 Å². The van der Waals surface area contributed by atoms with E-state index in [1.54, 1.807) is 37.4 Å². The fourth-order valence-corrected chi connectivity index (χ4v) is 3.28. The highest BCUT2D eigenvalue weighted by atomic mass is 16.5. The van der Waals surface area contributed by atoms with E-state index in [2.05, 4.69) is 0 Å². The van der Waals surface area contributed by atoms with Crippen LogP contribution in [0.25, 0.3) is 11.0 Å². The molecule has 3 aromatic rings. The molecule has 0 radical (unpaired) electrons. The van der Waals surface area contributed by atoms with Crippen molar-refractivity contribution in [2.75, 3.05) is 20.3 Å². The van der Waals surface area contributed by atoms with Crippen LogP contribution in [-0.2, 0) is 16.0 Å². The fraction of sp³-hybridized carbons (Fsp3) is 0.318. The molecule has 0 saturated heterocycles. The second-order valence-corrected chi connectivity index (χ2v) is 6.75. The summed E-state index contributed by atoms with van der Waals surface area (Å²) >= 11 is 0. The van der Waals surface area contributed by atoms with Crippen LogP contribution in [0.3, 0.4) is 0 Å². The molecule has 2 aromatic heterocycles. The van der Waals surface area contributed by atoms with Gasteiger partial charge in [-0.1, -0.05) is 12.1 Å². The lowest BCUT2D eigenvalue weighted by molar-refractivity contribution is 0.0444. The van der Waals surface area contributed by atoms with Crippen LogP contribution in [-0.4, -0.2) is 36.6 Å². The van der Waals surface area contributed by atoms with Crippen molar-refractivity contribution in [1.29, 1.82) is 0 Å². The van der Waals surface area contributed by atoms with E-state index in [4.69, 9.17) is 13.9 Å². The molecular weight excluding hydrogens is 374 g/mol. The minimum absolute atomic E-state index is 0.230. The van der Waals surface area contributed by atoms with Crippen molar-refractivity contribution < 1.29 is 23.5 Å². The number of methoxy groups -OCH3 is 1. The van der Waals surface area contributed by atoms with Crippen LogP contribution in [0.2, 0.25) is 0 Å². The van der Waals surface area contributed by atoms with E-state index in [0.29, 0.717) is 17.6 Å². The van der Waals surface area contributed by atoms with Crippen molar-refractivity contribution >= 4 is 22.7 Å². The van der Waals surface area contributed by atoms with Crippen molar-refractivity contribution in [2.45, 2.75) is 26.8 Å². The molecule has 0 bridgehead atoms. The lowest BCUT2D eigenvalue weighted by Crippen LogP contribution is -2.16. The summed E-state index contributed by atoms with van der Waals surface area (Å²) in [5.74, 6) is -1.39. The summed E-state index contributed by atoms with van der Waals surface area (Å²) in [7, 11) is 1.65. The Balaban J connectivity index is 1.70. The standard InChI is InChI=1S/C22H23NO6/c1-14-11-17(15(2)23(14)9-6-10-27-3)19(25)13-28-22(26)21-12-18(24)16-7-4-5-8-20(16)29-21/h4-5,7-8,11-12H,6,9-10,13H2,1-3H3. The Morgan fingerprint density at radius 3 is 2.66 bits per heavy atom. The van der Waals surface area contributed by atoms with Gasteiger partial charge < -0.3 is 18.5 Å². The Hall–Kier alpha value is -3.19. The number of carbonyl (C=O) groups excluding carboxylic acids is 2. The second kappa shape index (κ2) is 8.87. The molecule has 0 spiro atoms. The number of esters is 1. The fourth-order valence-electron chi connectivity index (χ4n) is 3.28. The molecule has 3 rings (SSSR count). The van der Waals surface area contributed by atoms with Gasteiger partial charge in [-0.25, -0.2) is 4.79 Å². The molecule has 2 heterocycles. The van der Waals surface area contributed by atoms with Gasteiger partial charge in [0.2, 0.25) is 11.5 Å². The van der Waals surface area contributed by atoms with E-state index in [1.807, 2.05) is 18.4 Å². The Bertz CT molecular complexity index is 1110. The molecule has 0 saturated carbocycles. The van der Waals surface area contributed by atoms with Gasteiger partial charge in [0.15, 0.2) is 12.0 Å².